The van der Waals surface area contributed by atoms with Gasteiger partial charge in [-0.05, 0) is 43.5 Å². The summed E-state index contributed by atoms with van der Waals surface area (Å²) in [6.07, 6.45) is 1.67. The molecule has 1 saturated carbocycles. The van der Waals surface area contributed by atoms with Crippen molar-refractivity contribution < 1.29 is 19.1 Å². The molecular formula is C22H20N2O4. The standard InChI is InChI=1S/C22H20N2O4/c1-27-19-8-5-13(12-23)9-18(19)17-4-2-3-14-10-20(28-21(14)17)22(26)24-15-6-7-16(25)11-15/h2-5,8-10,15-16,25H,6-7,11H2,1H3,(H,24,26)/t15-,16+/m1/s1. The van der Waals surface area contributed by atoms with Gasteiger partial charge in [0, 0.05) is 22.6 Å². The van der Waals surface area contributed by atoms with Gasteiger partial charge in [-0.2, -0.15) is 5.26 Å². The molecule has 1 aromatic heterocycles. The Morgan fingerprint density at radius 2 is 2.11 bits per heavy atom. The third-order valence-electron chi connectivity index (χ3n) is 5.13. The van der Waals surface area contributed by atoms with E-state index in [9.17, 15) is 15.2 Å². The van der Waals surface area contributed by atoms with Crippen molar-refractivity contribution in [3.63, 3.8) is 0 Å². The Morgan fingerprint density at radius 3 is 2.82 bits per heavy atom. The number of fused-ring (bicyclic) bond motifs is 1. The fourth-order valence-electron chi connectivity index (χ4n) is 3.72. The SMILES string of the molecule is COc1ccc(C#N)cc1-c1cccc2cc(C(=O)N[C@@H]3CC[C@H](O)C3)oc12. The van der Waals surface area contributed by atoms with Crippen molar-refractivity contribution >= 4 is 16.9 Å². The molecule has 1 heterocycles. The Bertz CT molecular complexity index is 1080. The number of ether oxygens (including phenoxy) is 1. The summed E-state index contributed by atoms with van der Waals surface area (Å²) in [6.45, 7) is 0. The van der Waals surface area contributed by atoms with Crippen LogP contribution in [0.3, 0.4) is 0 Å². The monoisotopic (exact) mass is 376 g/mol. The number of nitriles is 1. The summed E-state index contributed by atoms with van der Waals surface area (Å²) in [7, 11) is 1.57. The summed E-state index contributed by atoms with van der Waals surface area (Å²) in [5.41, 5.74) is 2.55. The number of rotatable bonds is 4. The molecule has 0 spiro atoms. The second kappa shape index (κ2) is 7.37. The first kappa shape index (κ1) is 18.1. The van der Waals surface area contributed by atoms with Gasteiger partial charge in [0.25, 0.3) is 5.91 Å². The molecule has 142 valence electrons. The average molecular weight is 376 g/mol. The van der Waals surface area contributed by atoms with Gasteiger partial charge in [-0.15, -0.1) is 0 Å². The number of nitrogens with one attached hydrogen (secondary N) is 1. The minimum Gasteiger partial charge on any atom is -0.496 e. The van der Waals surface area contributed by atoms with Gasteiger partial charge in [-0.25, -0.2) is 0 Å². The number of carbonyl (C=O) groups is 1. The van der Waals surface area contributed by atoms with Gasteiger partial charge in [0.05, 0.1) is 24.8 Å². The van der Waals surface area contributed by atoms with Crippen molar-refractivity contribution in [3.8, 4) is 22.9 Å². The number of para-hydroxylation sites is 1. The molecule has 28 heavy (non-hydrogen) atoms. The number of hydrogen-bond donors (Lipinski definition) is 2. The highest BCUT2D eigenvalue weighted by atomic mass is 16.5. The summed E-state index contributed by atoms with van der Waals surface area (Å²) in [5.74, 6) is 0.548. The van der Waals surface area contributed by atoms with E-state index < -0.39 is 0 Å². The summed E-state index contributed by atoms with van der Waals surface area (Å²) in [5, 5.41) is 22.6. The van der Waals surface area contributed by atoms with Gasteiger partial charge in [0.15, 0.2) is 5.76 Å². The Labute approximate surface area is 162 Å². The predicted octanol–water partition coefficient (Wildman–Crippen LogP) is 3.62. The fraction of sp³-hybridized carbons (Fsp3) is 0.273. The highest BCUT2D eigenvalue weighted by Crippen LogP contribution is 2.37. The lowest BCUT2D eigenvalue weighted by Crippen LogP contribution is -2.32. The average Bonchev–Trinajstić information content (AvgIpc) is 3.33. The summed E-state index contributed by atoms with van der Waals surface area (Å²) < 4.78 is 11.4. The summed E-state index contributed by atoms with van der Waals surface area (Å²) in [6, 6.07) is 14.6. The number of hydrogen-bond acceptors (Lipinski definition) is 5. The van der Waals surface area contributed by atoms with Crippen molar-refractivity contribution in [2.24, 2.45) is 0 Å². The van der Waals surface area contributed by atoms with E-state index in [2.05, 4.69) is 11.4 Å². The van der Waals surface area contributed by atoms with Crippen LogP contribution in [0, 0.1) is 11.3 Å². The number of amides is 1. The molecule has 0 aliphatic heterocycles. The van der Waals surface area contributed by atoms with E-state index in [1.165, 1.54) is 0 Å². The van der Waals surface area contributed by atoms with E-state index in [1.807, 2.05) is 18.2 Å². The molecule has 6 nitrogen and oxygen atoms in total. The third-order valence-corrected chi connectivity index (χ3v) is 5.13. The quantitative estimate of drug-likeness (QED) is 0.725. The molecule has 0 bridgehead atoms. The van der Waals surface area contributed by atoms with Crippen LogP contribution in [0.4, 0.5) is 0 Å². The molecular weight excluding hydrogens is 356 g/mol. The predicted molar refractivity (Wildman–Crippen MR) is 104 cm³/mol. The maximum atomic E-state index is 12.6. The number of aliphatic hydroxyl groups is 1. The maximum Gasteiger partial charge on any atom is 0.287 e. The Balaban J connectivity index is 1.72. The van der Waals surface area contributed by atoms with Crippen LogP contribution in [-0.4, -0.2) is 30.3 Å². The van der Waals surface area contributed by atoms with Crippen molar-refractivity contribution in [2.45, 2.75) is 31.4 Å². The van der Waals surface area contributed by atoms with Crippen LogP contribution in [0.15, 0.2) is 46.9 Å². The van der Waals surface area contributed by atoms with Gasteiger partial charge in [-0.3, -0.25) is 4.79 Å². The Hall–Kier alpha value is -3.30. The van der Waals surface area contributed by atoms with E-state index in [-0.39, 0.29) is 23.8 Å². The van der Waals surface area contributed by atoms with Gasteiger partial charge in [0.1, 0.15) is 11.3 Å². The minimum absolute atomic E-state index is 0.0393. The van der Waals surface area contributed by atoms with Crippen LogP contribution >= 0.6 is 0 Å². The molecule has 1 aliphatic rings. The van der Waals surface area contributed by atoms with E-state index in [0.29, 0.717) is 29.7 Å². The first-order valence-electron chi connectivity index (χ1n) is 9.19. The highest BCUT2D eigenvalue weighted by molar-refractivity contribution is 6.00. The second-order valence-electron chi connectivity index (χ2n) is 7.00. The molecule has 4 rings (SSSR count). The fourth-order valence-corrected chi connectivity index (χ4v) is 3.72. The largest absolute Gasteiger partial charge is 0.496 e. The second-order valence-corrected chi connectivity index (χ2v) is 7.00. The molecule has 3 aromatic rings. The van der Waals surface area contributed by atoms with Crippen molar-refractivity contribution in [1.29, 1.82) is 5.26 Å². The number of carbonyl (C=O) groups excluding carboxylic acids is 1. The number of nitrogens with zero attached hydrogens (tertiary/aromatic N) is 1. The molecule has 1 amide bonds. The lowest BCUT2D eigenvalue weighted by Gasteiger charge is -2.10. The van der Waals surface area contributed by atoms with E-state index in [4.69, 9.17) is 9.15 Å². The zero-order valence-corrected chi connectivity index (χ0v) is 15.4. The third kappa shape index (κ3) is 3.32. The van der Waals surface area contributed by atoms with E-state index >= 15 is 0 Å². The molecule has 1 fully saturated rings. The van der Waals surface area contributed by atoms with Crippen molar-refractivity contribution in [3.05, 3.63) is 53.8 Å². The lowest BCUT2D eigenvalue weighted by atomic mass is 10.0. The van der Waals surface area contributed by atoms with E-state index in [0.717, 1.165) is 22.9 Å². The zero-order valence-electron chi connectivity index (χ0n) is 15.4. The topological polar surface area (TPSA) is 95.5 Å². The number of benzene rings is 2. The zero-order chi connectivity index (χ0) is 19.7. The highest BCUT2D eigenvalue weighted by Gasteiger charge is 2.26. The van der Waals surface area contributed by atoms with Crippen LogP contribution < -0.4 is 10.1 Å². The smallest absolute Gasteiger partial charge is 0.287 e. The minimum atomic E-state index is -0.354. The maximum absolute atomic E-state index is 12.6. The van der Waals surface area contributed by atoms with Crippen LogP contribution in [0.1, 0.15) is 35.4 Å². The molecule has 1 aliphatic carbocycles. The van der Waals surface area contributed by atoms with Crippen molar-refractivity contribution in [2.75, 3.05) is 7.11 Å². The Morgan fingerprint density at radius 1 is 1.25 bits per heavy atom. The number of methoxy groups -OCH3 is 1. The Kier molecular flexibility index (Phi) is 4.76. The van der Waals surface area contributed by atoms with Crippen LogP contribution in [-0.2, 0) is 0 Å². The van der Waals surface area contributed by atoms with E-state index in [1.54, 1.807) is 31.4 Å². The van der Waals surface area contributed by atoms with Gasteiger partial charge < -0.3 is 19.6 Å². The van der Waals surface area contributed by atoms with Gasteiger partial charge >= 0.3 is 0 Å². The normalized spacial score (nSPS) is 18.8. The van der Waals surface area contributed by atoms with Crippen LogP contribution in [0.25, 0.3) is 22.1 Å². The molecule has 0 unspecified atom stereocenters. The van der Waals surface area contributed by atoms with Gasteiger partial charge in [-0.1, -0.05) is 18.2 Å². The molecule has 0 radical (unpaired) electrons. The lowest BCUT2D eigenvalue weighted by molar-refractivity contribution is 0.0908. The molecule has 6 heteroatoms. The summed E-state index contributed by atoms with van der Waals surface area (Å²) >= 11 is 0. The molecule has 0 saturated heterocycles. The number of furan rings is 1. The van der Waals surface area contributed by atoms with Crippen molar-refractivity contribution in [1.82, 2.24) is 5.32 Å². The van der Waals surface area contributed by atoms with Gasteiger partial charge in [0.2, 0.25) is 0 Å². The molecule has 2 N–H and O–H groups in total. The first-order chi connectivity index (χ1) is 13.6. The van der Waals surface area contributed by atoms with Crippen LogP contribution in [0.5, 0.6) is 5.75 Å². The molecule has 2 aromatic carbocycles. The number of aliphatic hydroxyl groups excluding tert-OH is 1. The van der Waals surface area contributed by atoms with Crippen LogP contribution in [0.2, 0.25) is 0 Å². The first-order valence-corrected chi connectivity index (χ1v) is 9.19. The molecule has 2 atom stereocenters. The summed E-state index contributed by atoms with van der Waals surface area (Å²) in [4.78, 5) is 12.6.